The van der Waals surface area contributed by atoms with Crippen molar-refractivity contribution < 1.29 is 0 Å². The van der Waals surface area contributed by atoms with Crippen LogP contribution in [0.3, 0.4) is 0 Å². The maximum Gasteiger partial charge on any atom is 0.191 e. The number of thioether (sulfide) groups is 1. The lowest BCUT2D eigenvalue weighted by atomic mass is 10.2. The monoisotopic (exact) mass is 315 g/mol. The quantitative estimate of drug-likeness (QED) is 0.571. The van der Waals surface area contributed by atoms with Crippen molar-refractivity contribution in [3.05, 3.63) is 45.8 Å². The lowest BCUT2D eigenvalue weighted by molar-refractivity contribution is 1.02. The van der Waals surface area contributed by atoms with E-state index in [1.165, 1.54) is 21.6 Å². The number of hydrogen-bond acceptors (Lipinski definition) is 5. The van der Waals surface area contributed by atoms with E-state index in [0.717, 1.165) is 21.1 Å². The van der Waals surface area contributed by atoms with E-state index in [1.807, 2.05) is 0 Å². The van der Waals surface area contributed by atoms with Gasteiger partial charge < -0.3 is 5.73 Å². The molecule has 5 heteroatoms. The number of hydrogen-bond donors (Lipinski definition) is 1. The molecule has 0 saturated heterocycles. The lowest BCUT2D eigenvalue weighted by Crippen LogP contribution is -1.96. The van der Waals surface area contributed by atoms with Crippen LogP contribution in [0.25, 0.3) is 10.2 Å². The molecule has 21 heavy (non-hydrogen) atoms. The van der Waals surface area contributed by atoms with E-state index in [9.17, 15) is 0 Å². The maximum atomic E-state index is 6.10. The van der Waals surface area contributed by atoms with E-state index in [4.69, 9.17) is 5.73 Å². The zero-order valence-electron chi connectivity index (χ0n) is 12.3. The van der Waals surface area contributed by atoms with Gasteiger partial charge in [-0.3, -0.25) is 0 Å². The molecular weight excluding hydrogens is 298 g/mol. The molecule has 0 amide bonds. The number of nitrogens with zero attached hydrogens (tertiary/aromatic N) is 2. The molecular formula is C16H17N3S2. The second kappa shape index (κ2) is 5.66. The van der Waals surface area contributed by atoms with Crippen LogP contribution in [-0.2, 0) is 5.75 Å². The zero-order chi connectivity index (χ0) is 15.0. The molecule has 0 bridgehead atoms. The third kappa shape index (κ3) is 2.89. The third-order valence-corrected chi connectivity index (χ3v) is 5.54. The molecule has 3 aromatic rings. The van der Waals surface area contributed by atoms with Gasteiger partial charge in [0.25, 0.3) is 0 Å². The fourth-order valence-corrected chi connectivity index (χ4v) is 4.06. The lowest BCUT2D eigenvalue weighted by Gasteiger charge is -2.04. The van der Waals surface area contributed by atoms with Gasteiger partial charge >= 0.3 is 0 Å². The highest BCUT2D eigenvalue weighted by atomic mass is 32.2. The van der Waals surface area contributed by atoms with Gasteiger partial charge in [0.15, 0.2) is 5.16 Å². The summed E-state index contributed by atoms with van der Waals surface area (Å²) >= 11 is 3.31. The Labute approximate surface area is 132 Å². The van der Waals surface area contributed by atoms with Crippen LogP contribution in [0.1, 0.15) is 21.6 Å². The first-order valence-corrected chi connectivity index (χ1v) is 8.56. The number of nitrogens with two attached hydrogens (primary N) is 1. The minimum absolute atomic E-state index is 0.591. The number of fused-ring (bicyclic) bond motifs is 1. The number of nitrogen functional groups attached to an aromatic ring is 1. The highest BCUT2D eigenvalue weighted by Gasteiger charge is 2.12. The van der Waals surface area contributed by atoms with Crippen LogP contribution in [0, 0.1) is 20.8 Å². The van der Waals surface area contributed by atoms with Crippen molar-refractivity contribution in [3.8, 4) is 0 Å². The summed E-state index contributed by atoms with van der Waals surface area (Å²) in [6.07, 6.45) is 0. The summed E-state index contributed by atoms with van der Waals surface area (Å²) in [6.45, 7) is 6.27. The van der Waals surface area contributed by atoms with Crippen LogP contribution in [0.4, 0.5) is 5.82 Å². The Balaban J connectivity index is 1.86. The van der Waals surface area contributed by atoms with Gasteiger partial charge in [-0.2, -0.15) is 0 Å². The fraction of sp³-hybridized carbons (Fsp3) is 0.250. The summed E-state index contributed by atoms with van der Waals surface area (Å²) in [6, 6.07) is 8.54. The first-order valence-electron chi connectivity index (χ1n) is 6.76. The second-order valence-corrected chi connectivity index (χ2v) is 7.27. The fourth-order valence-electron chi connectivity index (χ4n) is 2.16. The van der Waals surface area contributed by atoms with Gasteiger partial charge in [0, 0.05) is 10.6 Å². The molecule has 0 aliphatic rings. The summed E-state index contributed by atoms with van der Waals surface area (Å²) in [5.41, 5.74) is 9.84. The van der Waals surface area contributed by atoms with Gasteiger partial charge in [0.2, 0.25) is 0 Å². The number of benzene rings is 1. The van der Waals surface area contributed by atoms with Crippen molar-refractivity contribution in [2.75, 3.05) is 5.73 Å². The average Bonchev–Trinajstić information content (AvgIpc) is 2.74. The van der Waals surface area contributed by atoms with Gasteiger partial charge in [-0.15, -0.1) is 11.3 Å². The Bertz CT molecular complexity index is 791. The SMILES string of the molecule is Cc1ccc(CSc2nc(N)c3c(C)c(C)sc3n2)cc1. The smallest absolute Gasteiger partial charge is 0.191 e. The largest absolute Gasteiger partial charge is 0.383 e. The van der Waals surface area contributed by atoms with Crippen molar-refractivity contribution in [2.24, 2.45) is 0 Å². The topological polar surface area (TPSA) is 51.8 Å². The molecule has 0 atom stereocenters. The maximum absolute atomic E-state index is 6.10. The van der Waals surface area contributed by atoms with Crippen LogP contribution in [0.2, 0.25) is 0 Å². The van der Waals surface area contributed by atoms with E-state index >= 15 is 0 Å². The molecule has 108 valence electrons. The Morgan fingerprint density at radius 3 is 2.52 bits per heavy atom. The Kier molecular flexibility index (Phi) is 3.87. The van der Waals surface area contributed by atoms with E-state index < -0.39 is 0 Å². The molecule has 0 radical (unpaired) electrons. The minimum atomic E-state index is 0.591. The van der Waals surface area contributed by atoms with Gasteiger partial charge in [-0.25, -0.2) is 9.97 Å². The first-order chi connectivity index (χ1) is 10.0. The molecule has 0 saturated carbocycles. The van der Waals surface area contributed by atoms with Crippen LogP contribution in [-0.4, -0.2) is 9.97 Å². The Morgan fingerprint density at radius 1 is 1.10 bits per heavy atom. The van der Waals surface area contributed by atoms with Gasteiger partial charge in [-0.1, -0.05) is 41.6 Å². The number of thiophene rings is 1. The molecule has 0 spiro atoms. The molecule has 1 aromatic carbocycles. The minimum Gasteiger partial charge on any atom is -0.383 e. The molecule has 2 aromatic heterocycles. The summed E-state index contributed by atoms with van der Waals surface area (Å²) in [5.74, 6) is 1.45. The second-order valence-electron chi connectivity index (χ2n) is 5.13. The van der Waals surface area contributed by atoms with Gasteiger partial charge in [0.1, 0.15) is 10.6 Å². The van der Waals surface area contributed by atoms with Crippen LogP contribution >= 0.6 is 23.1 Å². The van der Waals surface area contributed by atoms with Crippen molar-refractivity contribution >= 4 is 39.1 Å². The number of aryl methyl sites for hydroxylation is 3. The number of rotatable bonds is 3. The predicted molar refractivity (Wildman–Crippen MR) is 92.0 cm³/mol. The number of anilines is 1. The van der Waals surface area contributed by atoms with Gasteiger partial charge in [-0.05, 0) is 31.9 Å². The van der Waals surface area contributed by atoms with Gasteiger partial charge in [0.05, 0.1) is 5.39 Å². The molecule has 0 aliphatic heterocycles. The predicted octanol–water partition coefficient (Wildman–Crippen LogP) is 4.49. The summed E-state index contributed by atoms with van der Waals surface area (Å²) < 4.78 is 0. The van der Waals surface area contributed by atoms with Crippen molar-refractivity contribution in [2.45, 2.75) is 31.7 Å². The normalized spacial score (nSPS) is 11.2. The Hall–Kier alpha value is -1.59. The van der Waals surface area contributed by atoms with Crippen LogP contribution in [0.15, 0.2) is 29.4 Å². The molecule has 2 heterocycles. The summed E-state index contributed by atoms with van der Waals surface area (Å²) in [4.78, 5) is 11.3. The standard InChI is InChI=1S/C16H17N3S2/c1-9-4-6-12(7-5-9)8-20-16-18-14(17)13-10(2)11(3)21-15(13)19-16/h4-7H,8H2,1-3H3,(H2,17,18,19). The molecule has 3 rings (SSSR count). The summed E-state index contributed by atoms with van der Waals surface area (Å²) in [5, 5.41) is 1.76. The average molecular weight is 315 g/mol. The molecule has 0 aliphatic carbocycles. The third-order valence-electron chi connectivity index (χ3n) is 3.52. The first kappa shape index (κ1) is 14.4. The molecule has 2 N–H and O–H groups in total. The number of aromatic nitrogens is 2. The molecule has 0 fully saturated rings. The van der Waals surface area contributed by atoms with Crippen LogP contribution in [0.5, 0.6) is 0 Å². The van der Waals surface area contributed by atoms with E-state index in [2.05, 4.69) is 55.0 Å². The van der Waals surface area contributed by atoms with E-state index in [-0.39, 0.29) is 0 Å². The van der Waals surface area contributed by atoms with E-state index in [1.54, 1.807) is 23.1 Å². The van der Waals surface area contributed by atoms with E-state index in [0.29, 0.717) is 5.82 Å². The van der Waals surface area contributed by atoms with Crippen molar-refractivity contribution in [3.63, 3.8) is 0 Å². The molecule has 3 nitrogen and oxygen atoms in total. The highest BCUT2D eigenvalue weighted by Crippen LogP contribution is 2.33. The Morgan fingerprint density at radius 2 is 1.81 bits per heavy atom. The zero-order valence-corrected chi connectivity index (χ0v) is 13.9. The van der Waals surface area contributed by atoms with Crippen LogP contribution < -0.4 is 5.73 Å². The molecule has 0 unspecified atom stereocenters. The van der Waals surface area contributed by atoms with Crippen molar-refractivity contribution in [1.29, 1.82) is 0 Å². The highest BCUT2D eigenvalue weighted by molar-refractivity contribution is 7.98. The summed E-state index contributed by atoms with van der Waals surface area (Å²) in [7, 11) is 0. The van der Waals surface area contributed by atoms with Crippen molar-refractivity contribution in [1.82, 2.24) is 9.97 Å².